The zero-order chi connectivity index (χ0) is 13.9. The Morgan fingerprint density at radius 3 is 1.94 bits per heavy atom. The van der Waals surface area contributed by atoms with Crippen LogP contribution < -0.4 is 0 Å². The molecular weight excluding hydrogens is 228 g/mol. The van der Waals surface area contributed by atoms with Crippen molar-refractivity contribution < 1.29 is 14.6 Å². The summed E-state index contributed by atoms with van der Waals surface area (Å²) in [6.07, 6.45) is -0.116. The van der Waals surface area contributed by atoms with E-state index in [4.69, 9.17) is 9.47 Å². The van der Waals surface area contributed by atoms with Gasteiger partial charge < -0.3 is 14.6 Å². The van der Waals surface area contributed by atoms with Crippen LogP contribution in [-0.2, 0) is 15.9 Å². The van der Waals surface area contributed by atoms with Gasteiger partial charge in [-0.05, 0) is 44.4 Å². The van der Waals surface area contributed by atoms with Crippen LogP contribution in [0.15, 0.2) is 12.1 Å². The third-order valence-corrected chi connectivity index (χ3v) is 3.31. The third kappa shape index (κ3) is 3.31. The Hall–Kier alpha value is -0.900. The van der Waals surface area contributed by atoms with Crippen molar-refractivity contribution in [1.82, 2.24) is 0 Å². The Morgan fingerprint density at radius 2 is 1.56 bits per heavy atom. The second-order valence-corrected chi connectivity index (χ2v) is 5.21. The average molecular weight is 252 g/mol. The molecule has 0 saturated heterocycles. The molecule has 102 valence electrons. The highest BCUT2D eigenvalue weighted by Crippen LogP contribution is 2.25. The molecule has 1 unspecified atom stereocenters. The van der Waals surface area contributed by atoms with Gasteiger partial charge in [0.15, 0.2) is 6.29 Å². The number of benzene rings is 1. The minimum atomic E-state index is -1.05. The van der Waals surface area contributed by atoms with Gasteiger partial charge in [-0.1, -0.05) is 17.7 Å². The summed E-state index contributed by atoms with van der Waals surface area (Å²) in [6.45, 7) is 7.96. The molecule has 18 heavy (non-hydrogen) atoms. The standard InChI is InChI=1S/C15H24O3/c1-10-7-11(2)13(12(3)8-10)9-15(4,16)14(17-5)18-6/h7-8,14,16H,9H2,1-6H3. The average Bonchev–Trinajstić information content (AvgIpc) is 2.24. The highest BCUT2D eigenvalue weighted by atomic mass is 16.7. The predicted molar refractivity (Wildman–Crippen MR) is 72.8 cm³/mol. The number of rotatable bonds is 5. The summed E-state index contributed by atoms with van der Waals surface area (Å²) in [4.78, 5) is 0. The van der Waals surface area contributed by atoms with E-state index in [1.54, 1.807) is 6.92 Å². The second kappa shape index (κ2) is 5.83. The highest BCUT2D eigenvalue weighted by Gasteiger charge is 2.33. The summed E-state index contributed by atoms with van der Waals surface area (Å²) < 4.78 is 10.3. The molecule has 0 aliphatic carbocycles. The molecule has 0 bridgehead atoms. The SMILES string of the molecule is COC(OC)C(C)(O)Cc1c(C)cc(C)cc1C. The molecule has 3 heteroatoms. The lowest BCUT2D eigenvalue weighted by atomic mass is 9.89. The quantitative estimate of drug-likeness (QED) is 0.818. The minimum absolute atomic E-state index is 0.511. The Kier molecular flexibility index (Phi) is 4.91. The maximum atomic E-state index is 10.5. The maximum absolute atomic E-state index is 10.5. The van der Waals surface area contributed by atoms with Crippen LogP contribution in [0.4, 0.5) is 0 Å². The normalized spacial score (nSPS) is 14.9. The summed E-state index contributed by atoms with van der Waals surface area (Å²) in [7, 11) is 3.08. The van der Waals surface area contributed by atoms with Crippen molar-refractivity contribution in [1.29, 1.82) is 0 Å². The van der Waals surface area contributed by atoms with Crippen molar-refractivity contribution >= 4 is 0 Å². The number of hydrogen-bond acceptors (Lipinski definition) is 3. The van der Waals surface area contributed by atoms with Gasteiger partial charge in [0.05, 0.1) is 0 Å². The number of aliphatic hydroxyl groups is 1. The molecular formula is C15H24O3. The van der Waals surface area contributed by atoms with Gasteiger partial charge >= 0.3 is 0 Å². The van der Waals surface area contributed by atoms with Crippen LogP contribution in [-0.4, -0.2) is 31.2 Å². The molecule has 3 nitrogen and oxygen atoms in total. The molecule has 0 amide bonds. The molecule has 0 heterocycles. The monoisotopic (exact) mass is 252 g/mol. The summed E-state index contributed by atoms with van der Waals surface area (Å²) in [6, 6.07) is 4.26. The molecule has 1 rings (SSSR count). The molecule has 0 spiro atoms. The van der Waals surface area contributed by atoms with Crippen molar-refractivity contribution in [3.63, 3.8) is 0 Å². The molecule has 1 aromatic rings. The van der Waals surface area contributed by atoms with Crippen LogP contribution in [0, 0.1) is 20.8 Å². The van der Waals surface area contributed by atoms with Crippen LogP contribution in [0.25, 0.3) is 0 Å². The fourth-order valence-corrected chi connectivity index (χ4v) is 2.53. The van der Waals surface area contributed by atoms with Gasteiger partial charge in [0.25, 0.3) is 0 Å². The predicted octanol–water partition coefficient (Wildman–Crippen LogP) is 2.52. The highest BCUT2D eigenvalue weighted by molar-refractivity contribution is 5.38. The number of methoxy groups -OCH3 is 2. The van der Waals surface area contributed by atoms with E-state index in [0.717, 1.165) is 5.56 Å². The fraction of sp³-hybridized carbons (Fsp3) is 0.600. The molecule has 0 aliphatic heterocycles. The van der Waals surface area contributed by atoms with E-state index in [0.29, 0.717) is 6.42 Å². The first-order valence-corrected chi connectivity index (χ1v) is 6.16. The Bertz CT molecular complexity index is 383. The van der Waals surface area contributed by atoms with Crippen LogP contribution in [0.5, 0.6) is 0 Å². The Balaban J connectivity index is 3.04. The molecule has 1 aromatic carbocycles. The summed E-state index contributed by atoms with van der Waals surface area (Å²) >= 11 is 0. The smallest absolute Gasteiger partial charge is 0.185 e. The van der Waals surface area contributed by atoms with E-state index >= 15 is 0 Å². The van der Waals surface area contributed by atoms with Crippen molar-refractivity contribution in [3.05, 3.63) is 34.4 Å². The molecule has 0 fully saturated rings. The largest absolute Gasteiger partial charge is 0.385 e. The van der Waals surface area contributed by atoms with Gasteiger partial charge in [-0.15, -0.1) is 0 Å². The number of ether oxygens (including phenoxy) is 2. The lowest BCUT2D eigenvalue weighted by Crippen LogP contribution is -2.44. The molecule has 0 aromatic heterocycles. The van der Waals surface area contributed by atoms with E-state index in [1.807, 2.05) is 0 Å². The number of aryl methyl sites for hydroxylation is 3. The van der Waals surface area contributed by atoms with Gasteiger partial charge in [0.1, 0.15) is 5.60 Å². The van der Waals surface area contributed by atoms with Crippen LogP contribution in [0.2, 0.25) is 0 Å². The summed E-state index contributed by atoms with van der Waals surface area (Å²) in [5, 5.41) is 10.5. The first-order chi connectivity index (χ1) is 8.31. The minimum Gasteiger partial charge on any atom is -0.385 e. The molecule has 0 aliphatic rings. The van der Waals surface area contributed by atoms with E-state index in [9.17, 15) is 5.11 Å². The number of hydrogen-bond donors (Lipinski definition) is 1. The zero-order valence-electron chi connectivity index (χ0n) is 12.2. The summed E-state index contributed by atoms with van der Waals surface area (Å²) in [5.74, 6) is 0. The van der Waals surface area contributed by atoms with Gasteiger partial charge in [0.2, 0.25) is 0 Å². The third-order valence-electron chi connectivity index (χ3n) is 3.31. The lowest BCUT2D eigenvalue weighted by Gasteiger charge is -2.31. The first-order valence-electron chi connectivity index (χ1n) is 6.16. The van der Waals surface area contributed by atoms with Crippen LogP contribution >= 0.6 is 0 Å². The van der Waals surface area contributed by atoms with Gasteiger partial charge in [0, 0.05) is 20.6 Å². The van der Waals surface area contributed by atoms with E-state index in [1.165, 1.54) is 30.9 Å². The Labute approximate surface area is 110 Å². The topological polar surface area (TPSA) is 38.7 Å². The summed E-state index contributed by atoms with van der Waals surface area (Å²) in [5.41, 5.74) is 3.74. The van der Waals surface area contributed by atoms with Crippen LogP contribution in [0.3, 0.4) is 0 Å². The van der Waals surface area contributed by atoms with Gasteiger partial charge in [-0.2, -0.15) is 0 Å². The van der Waals surface area contributed by atoms with Crippen molar-refractivity contribution in [2.45, 2.75) is 46.0 Å². The van der Waals surface area contributed by atoms with E-state index < -0.39 is 11.9 Å². The molecule has 1 atom stereocenters. The fourth-order valence-electron chi connectivity index (χ4n) is 2.53. The second-order valence-electron chi connectivity index (χ2n) is 5.21. The Morgan fingerprint density at radius 1 is 1.11 bits per heavy atom. The molecule has 0 saturated carbocycles. The first kappa shape index (κ1) is 15.2. The van der Waals surface area contributed by atoms with Crippen molar-refractivity contribution in [2.75, 3.05) is 14.2 Å². The zero-order valence-corrected chi connectivity index (χ0v) is 12.2. The van der Waals surface area contributed by atoms with Gasteiger partial charge in [-0.3, -0.25) is 0 Å². The van der Waals surface area contributed by atoms with Crippen molar-refractivity contribution in [2.24, 2.45) is 0 Å². The molecule has 0 radical (unpaired) electrons. The van der Waals surface area contributed by atoms with Gasteiger partial charge in [-0.25, -0.2) is 0 Å². The van der Waals surface area contributed by atoms with E-state index in [2.05, 4.69) is 32.9 Å². The van der Waals surface area contributed by atoms with Crippen LogP contribution in [0.1, 0.15) is 29.2 Å². The molecule has 1 N–H and O–H groups in total. The van der Waals surface area contributed by atoms with Crippen molar-refractivity contribution in [3.8, 4) is 0 Å². The lowest BCUT2D eigenvalue weighted by molar-refractivity contribution is -0.207. The maximum Gasteiger partial charge on any atom is 0.185 e. The van der Waals surface area contributed by atoms with E-state index in [-0.39, 0.29) is 0 Å².